The zero-order valence-electron chi connectivity index (χ0n) is 20.3. The molecule has 3 heterocycles. The molecule has 0 atom stereocenters. The fourth-order valence-electron chi connectivity index (χ4n) is 4.62. The van der Waals surface area contributed by atoms with Gasteiger partial charge in [0.25, 0.3) is 11.1 Å². The van der Waals surface area contributed by atoms with Crippen LogP contribution in [-0.2, 0) is 16.1 Å². The van der Waals surface area contributed by atoms with Crippen LogP contribution in [0.4, 0.5) is 10.5 Å². The van der Waals surface area contributed by atoms with Crippen molar-refractivity contribution in [3.05, 3.63) is 84.4 Å². The maximum Gasteiger partial charge on any atom is 0.293 e. The standard InChI is InChI=1S/C27H24BrCl2N3O3S/c1-16-11-19(13-25-26(34)32(27(35)37-25)15-18-3-5-22(29)23(30)12-18)17(2)33(16)20-4-6-24(21(28)14-20)31-7-9-36-10-8-31/h3-6,11-14H,7-10,15H2,1-2H3/b25-13-. The zero-order chi connectivity index (χ0) is 26.3. The minimum absolute atomic E-state index is 0.140. The summed E-state index contributed by atoms with van der Waals surface area (Å²) in [5.74, 6) is -0.316. The number of morpholine rings is 1. The van der Waals surface area contributed by atoms with E-state index in [2.05, 4.69) is 43.6 Å². The first-order valence-electron chi connectivity index (χ1n) is 11.7. The summed E-state index contributed by atoms with van der Waals surface area (Å²) in [7, 11) is 0. The third-order valence-corrected chi connectivity index (χ3v) is 8.78. The van der Waals surface area contributed by atoms with Gasteiger partial charge in [0, 0.05) is 34.6 Å². The van der Waals surface area contributed by atoms with Crippen LogP contribution in [0.1, 0.15) is 22.5 Å². The lowest BCUT2D eigenvalue weighted by molar-refractivity contribution is -0.123. The van der Waals surface area contributed by atoms with E-state index in [0.717, 1.165) is 76.4 Å². The van der Waals surface area contributed by atoms with Gasteiger partial charge in [0.1, 0.15) is 0 Å². The highest BCUT2D eigenvalue weighted by atomic mass is 79.9. The molecule has 0 bridgehead atoms. The van der Waals surface area contributed by atoms with Gasteiger partial charge in [-0.1, -0.05) is 29.3 Å². The molecule has 2 aromatic carbocycles. The number of nitrogens with zero attached hydrogens (tertiary/aromatic N) is 3. The van der Waals surface area contributed by atoms with Crippen molar-refractivity contribution in [3.8, 4) is 5.69 Å². The summed E-state index contributed by atoms with van der Waals surface area (Å²) in [6, 6.07) is 13.5. The average molecular weight is 621 g/mol. The molecule has 6 nitrogen and oxygen atoms in total. The van der Waals surface area contributed by atoms with E-state index < -0.39 is 0 Å². The first-order valence-corrected chi connectivity index (χ1v) is 14.1. The molecule has 192 valence electrons. The topological polar surface area (TPSA) is 54.8 Å². The Morgan fingerprint density at radius 3 is 2.49 bits per heavy atom. The Hall–Kier alpha value is -2.23. The van der Waals surface area contributed by atoms with Gasteiger partial charge in [-0.25, -0.2) is 0 Å². The number of hydrogen-bond donors (Lipinski definition) is 0. The summed E-state index contributed by atoms with van der Waals surface area (Å²) >= 11 is 16.8. The molecular formula is C27H24BrCl2N3O3S. The first kappa shape index (κ1) is 26.4. The molecular weight excluding hydrogens is 597 g/mol. The second-order valence-corrected chi connectivity index (χ2v) is 11.6. The lowest BCUT2D eigenvalue weighted by Gasteiger charge is -2.30. The van der Waals surface area contributed by atoms with E-state index in [1.165, 1.54) is 4.90 Å². The Labute approximate surface area is 238 Å². The van der Waals surface area contributed by atoms with Crippen molar-refractivity contribution in [1.29, 1.82) is 0 Å². The highest BCUT2D eigenvalue weighted by molar-refractivity contribution is 9.10. The smallest absolute Gasteiger partial charge is 0.293 e. The van der Waals surface area contributed by atoms with E-state index in [0.29, 0.717) is 15.0 Å². The molecule has 2 fully saturated rings. The van der Waals surface area contributed by atoms with Gasteiger partial charge in [-0.2, -0.15) is 0 Å². The summed E-state index contributed by atoms with van der Waals surface area (Å²) in [5, 5.41) is 0.509. The molecule has 2 saturated heterocycles. The van der Waals surface area contributed by atoms with Crippen LogP contribution in [0, 0.1) is 13.8 Å². The van der Waals surface area contributed by atoms with Gasteiger partial charge < -0.3 is 14.2 Å². The molecule has 0 aliphatic carbocycles. The Balaban J connectivity index is 1.39. The molecule has 2 aliphatic heterocycles. The van der Waals surface area contributed by atoms with E-state index in [9.17, 15) is 9.59 Å². The minimum Gasteiger partial charge on any atom is -0.378 e. The number of ether oxygens (including phenoxy) is 1. The van der Waals surface area contributed by atoms with Crippen LogP contribution >= 0.6 is 50.9 Å². The minimum atomic E-state index is -0.316. The second-order valence-electron chi connectivity index (χ2n) is 8.91. The van der Waals surface area contributed by atoms with Crippen molar-refractivity contribution in [3.63, 3.8) is 0 Å². The predicted molar refractivity (Wildman–Crippen MR) is 154 cm³/mol. The normalized spacial score (nSPS) is 17.4. The van der Waals surface area contributed by atoms with Gasteiger partial charge in [0.05, 0.1) is 40.4 Å². The van der Waals surface area contributed by atoms with E-state index >= 15 is 0 Å². The number of halogens is 3. The van der Waals surface area contributed by atoms with E-state index in [-0.39, 0.29) is 17.7 Å². The number of rotatable bonds is 5. The number of imide groups is 1. The zero-order valence-corrected chi connectivity index (χ0v) is 24.2. The van der Waals surface area contributed by atoms with Gasteiger partial charge in [-0.15, -0.1) is 0 Å². The number of aromatic nitrogens is 1. The quantitative estimate of drug-likeness (QED) is 0.282. The number of thioether (sulfide) groups is 1. The van der Waals surface area contributed by atoms with Crippen molar-refractivity contribution in [2.45, 2.75) is 20.4 Å². The number of aryl methyl sites for hydroxylation is 1. The maximum atomic E-state index is 13.1. The molecule has 37 heavy (non-hydrogen) atoms. The SMILES string of the molecule is Cc1cc(/C=C2\SC(=O)N(Cc3ccc(Cl)c(Cl)c3)C2=O)c(C)n1-c1ccc(N2CCOCC2)c(Br)c1. The number of hydrogen-bond acceptors (Lipinski definition) is 5. The highest BCUT2D eigenvalue weighted by Gasteiger charge is 2.35. The van der Waals surface area contributed by atoms with Crippen molar-refractivity contribution in [2.24, 2.45) is 0 Å². The molecule has 10 heteroatoms. The lowest BCUT2D eigenvalue weighted by Crippen LogP contribution is -2.36. The Morgan fingerprint density at radius 2 is 1.78 bits per heavy atom. The van der Waals surface area contributed by atoms with Crippen molar-refractivity contribution < 1.29 is 14.3 Å². The Kier molecular flexibility index (Phi) is 7.75. The van der Waals surface area contributed by atoms with Gasteiger partial charge in [0.15, 0.2) is 0 Å². The van der Waals surface area contributed by atoms with Crippen LogP contribution in [0.2, 0.25) is 10.0 Å². The summed E-state index contributed by atoms with van der Waals surface area (Å²) in [6.45, 7) is 7.37. The summed E-state index contributed by atoms with van der Waals surface area (Å²) in [6.07, 6.45) is 1.80. The number of carbonyl (C=O) groups is 2. The Bertz CT molecular complexity index is 1430. The highest BCUT2D eigenvalue weighted by Crippen LogP contribution is 2.36. The van der Waals surface area contributed by atoms with Crippen LogP contribution in [0.3, 0.4) is 0 Å². The number of amides is 2. The molecule has 5 rings (SSSR count). The number of anilines is 1. The molecule has 2 aliphatic rings. The third-order valence-electron chi connectivity index (χ3n) is 6.50. The van der Waals surface area contributed by atoms with Crippen LogP contribution in [-0.4, -0.2) is 46.9 Å². The van der Waals surface area contributed by atoms with Crippen molar-refractivity contribution in [2.75, 3.05) is 31.2 Å². The average Bonchev–Trinajstić information content (AvgIpc) is 3.30. The fraction of sp³-hybridized carbons (Fsp3) is 0.259. The monoisotopic (exact) mass is 619 g/mol. The van der Waals surface area contributed by atoms with Gasteiger partial charge >= 0.3 is 0 Å². The molecule has 2 amide bonds. The first-order chi connectivity index (χ1) is 17.7. The summed E-state index contributed by atoms with van der Waals surface area (Å²) in [4.78, 5) is 29.7. The molecule has 0 spiro atoms. The fourth-order valence-corrected chi connectivity index (χ4v) is 6.39. The molecule has 0 saturated carbocycles. The Morgan fingerprint density at radius 1 is 1.03 bits per heavy atom. The lowest BCUT2D eigenvalue weighted by atomic mass is 10.2. The molecule has 0 radical (unpaired) electrons. The molecule has 0 N–H and O–H groups in total. The van der Waals surface area contributed by atoms with Gasteiger partial charge in [0.2, 0.25) is 0 Å². The maximum absolute atomic E-state index is 13.1. The summed E-state index contributed by atoms with van der Waals surface area (Å²) in [5.41, 5.74) is 5.81. The molecule has 0 unspecified atom stereocenters. The van der Waals surface area contributed by atoms with Crippen molar-refractivity contribution >= 4 is 73.8 Å². The molecule has 1 aromatic heterocycles. The van der Waals surface area contributed by atoms with Gasteiger partial charge in [-0.05, 0) is 95.1 Å². The van der Waals surface area contributed by atoms with Crippen LogP contribution < -0.4 is 4.90 Å². The second kappa shape index (κ2) is 10.9. The van der Waals surface area contributed by atoms with Crippen LogP contribution in [0.25, 0.3) is 11.8 Å². The van der Waals surface area contributed by atoms with Crippen LogP contribution in [0.5, 0.6) is 0 Å². The van der Waals surface area contributed by atoms with Gasteiger partial charge in [-0.3, -0.25) is 14.5 Å². The van der Waals surface area contributed by atoms with E-state index in [1.807, 2.05) is 19.9 Å². The van der Waals surface area contributed by atoms with Crippen molar-refractivity contribution in [1.82, 2.24) is 9.47 Å². The van der Waals surface area contributed by atoms with E-state index in [4.69, 9.17) is 27.9 Å². The number of benzene rings is 2. The van der Waals surface area contributed by atoms with E-state index in [1.54, 1.807) is 24.3 Å². The third kappa shape index (κ3) is 5.36. The largest absolute Gasteiger partial charge is 0.378 e. The summed E-state index contributed by atoms with van der Waals surface area (Å²) < 4.78 is 8.65. The number of carbonyl (C=O) groups excluding carboxylic acids is 2. The van der Waals surface area contributed by atoms with Crippen LogP contribution in [0.15, 0.2) is 51.8 Å². The molecule has 3 aromatic rings. The predicted octanol–water partition coefficient (Wildman–Crippen LogP) is 7.24.